The lowest BCUT2D eigenvalue weighted by atomic mass is 10.2. The molecule has 0 saturated carbocycles. The van der Waals surface area contributed by atoms with Gasteiger partial charge < -0.3 is 19.4 Å². The predicted molar refractivity (Wildman–Crippen MR) is 93.1 cm³/mol. The molecule has 2 amide bonds. The summed E-state index contributed by atoms with van der Waals surface area (Å²) < 4.78 is 10.6. The minimum Gasteiger partial charge on any atom is -0.483 e. The summed E-state index contributed by atoms with van der Waals surface area (Å²) in [5, 5.41) is 3.33. The van der Waals surface area contributed by atoms with Crippen LogP contribution < -0.4 is 10.1 Å². The first-order chi connectivity index (χ1) is 12.1. The van der Waals surface area contributed by atoms with Gasteiger partial charge in [0.2, 0.25) is 5.91 Å². The van der Waals surface area contributed by atoms with E-state index >= 15 is 0 Å². The molecule has 0 radical (unpaired) electrons. The number of nitrogens with zero attached hydrogens (tertiary/aromatic N) is 1. The highest BCUT2D eigenvalue weighted by molar-refractivity contribution is 6.30. The van der Waals surface area contributed by atoms with Gasteiger partial charge in [-0.2, -0.15) is 0 Å². The van der Waals surface area contributed by atoms with E-state index in [1.54, 1.807) is 41.3 Å². The van der Waals surface area contributed by atoms with Gasteiger partial charge in [-0.25, -0.2) is 0 Å². The average molecular weight is 361 g/mol. The van der Waals surface area contributed by atoms with Crippen molar-refractivity contribution >= 4 is 29.5 Å². The molecule has 1 aliphatic heterocycles. The van der Waals surface area contributed by atoms with E-state index in [9.17, 15) is 9.59 Å². The van der Waals surface area contributed by atoms with Crippen molar-refractivity contribution in [3.05, 3.63) is 59.0 Å². The van der Waals surface area contributed by atoms with Gasteiger partial charge in [0, 0.05) is 36.3 Å². The van der Waals surface area contributed by atoms with E-state index in [4.69, 9.17) is 20.8 Å². The molecule has 0 atom stereocenters. The number of amides is 2. The van der Waals surface area contributed by atoms with E-state index in [1.165, 1.54) is 12.3 Å². The number of rotatable bonds is 5. The summed E-state index contributed by atoms with van der Waals surface area (Å²) >= 11 is 6.01. The van der Waals surface area contributed by atoms with Gasteiger partial charge in [0.25, 0.3) is 5.91 Å². The Morgan fingerprint density at radius 1 is 1.36 bits per heavy atom. The zero-order chi connectivity index (χ0) is 17.6. The summed E-state index contributed by atoms with van der Waals surface area (Å²) in [5.74, 6) is 0.875. The summed E-state index contributed by atoms with van der Waals surface area (Å²) in [6.45, 7) is 1.09. The molecule has 1 N–H and O–H groups in total. The van der Waals surface area contributed by atoms with Crippen LogP contribution in [0.4, 0.5) is 0 Å². The zero-order valence-electron chi connectivity index (χ0n) is 13.4. The molecule has 1 aromatic heterocycles. The topological polar surface area (TPSA) is 71.8 Å². The van der Waals surface area contributed by atoms with E-state index < -0.39 is 0 Å². The molecule has 2 heterocycles. The molecule has 0 unspecified atom stereocenters. The monoisotopic (exact) mass is 360 g/mol. The Morgan fingerprint density at radius 2 is 2.24 bits per heavy atom. The van der Waals surface area contributed by atoms with Crippen molar-refractivity contribution in [2.75, 3.05) is 19.7 Å². The second kappa shape index (κ2) is 7.90. The minimum absolute atomic E-state index is 0.0268. The van der Waals surface area contributed by atoms with E-state index in [-0.39, 0.29) is 18.4 Å². The van der Waals surface area contributed by atoms with Crippen LogP contribution in [0.15, 0.2) is 47.1 Å². The summed E-state index contributed by atoms with van der Waals surface area (Å²) in [7, 11) is 0. The van der Waals surface area contributed by atoms with Crippen LogP contribution >= 0.6 is 11.6 Å². The number of carbonyl (C=O) groups excluding carboxylic acids is 2. The Morgan fingerprint density at radius 3 is 3.04 bits per heavy atom. The lowest BCUT2D eigenvalue weighted by Crippen LogP contribution is -2.38. The predicted octanol–water partition coefficient (Wildman–Crippen LogP) is 2.48. The number of ether oxygens (including phenoxy) is 1. The Labute approximate surface area is 150 Å². The summed E-state index contributed by atoms with van der Waals surface area (Å²) in [5.41, 5.74) is 0.849. The molecule has 7 heteroatoms. The molecule has 0 bridgehead atoms. The van der Waals surface area contributed by atoms with Crippen LogP contribution in [-0.4, -0.2) is 36.4 Å². The van der Waals surface area contributed by atoms with Crippen LogP contribution in [0.25, 0.3) is 6.08 Å². The second-order valence-electron chi connectivity index (χ2n) is 5.50. The highest BCUT2D eigenvalue weighted by Crippen LogP contribution is 2.26. The summed E-state index contributed by atoms with van der Waals surface area (Å²) in [6, 6.07) is 8.77. The number of nitrogens with one attached hydrogen (secondary N) is 1. The summed E-state index contributed by atoms with van der Waals surface area (Å²) in [4.78, 5) is 25.6. The maximum Gasteiger partial charge on any atom is 0.260 e. The van der Waals surface area contributed by atoms with Crippen LogP contribution in [0.2, 0.25) is 5.02 Å². The fourth-order valence-corrected chi connectivity index (χ4v) is 2.65. The van der Waals surface area contributed by atoms with Crippen molar-refractivity contribution < 1.29 is 18.7 Å². The molecule has 1 aromatic carbocycles. The largest absolute Gasteiger partial charge is 0.483 e. The molecule has 6 nitrogen and oxygen atoms in total. The van der Waals surface area contributed by atoms with E-state index in [2.05, 4.69) is 5.32 Å². The molecule has 0 fully saturated rings. The van der Waals surface area contributed by atoms with Gasteiger partial charge in [0.1, 0.15) is 11.5 Å². The van der Waals surface area contributed by atoms with Crippen LogP contribution in [0.1, 0.15) is 11.3 Å². The standard InChI is InChI=1S/C18H17ClN2O4/c19-14-3-5-16-13(10-14)11-21(18(23)12-25-16)8-7-20-17(22)6-4-15-2-1-9-24-15/h1-6,9-10H,7-8,11-12H2,(H,20,22). The number of carbonyl (C=O) groups is 2. The van der Waals surface area contributed by atoms with E-state index in [1.807, 2.05) is 0 Å². The lowest BCUT2D eigenvalue weighted by Gasteiger charge is -2.20. The number of benzene rings is 1. The van der Waals surface area contributed by atoms with Gasteiger partial charge in [-0.3, -0.25) is 9.59 Å². The molecule has 0 aliphatic carbocycles. The Balaban J connectivity index is 1.53. The molecule has 2 aromatic rings. The van der Waals surface area contributed by atoms with Crippen LogP contribution in [0, 0.1) is 0 Å². The first kappa shape index (κ1) is 17.1. The van der Waals surface area contributed by atoms with Crippen LogP contribution in [-0.2, 0) is 16.1 Å². The number of hydrogen-bond acceptors (Lipinski definition) is 4. The fraction of sp³-hybridized carbons (Fsp3) is 0.222. The number of furan rings is 1. The van der Waals surface area contributed by atoms with Crippen molar-refractivity contribution in [2.45, 2.75) is 6.54 Å². The lowest BCUT2D eigenvalue weighted by molar-refractivity contribution is -0.133. The molecule has 25 heavy (non-hydrogen) atoms. The Kier molecular flexibility index (Phi) is 5.40. The number of halogens is 1. The quantitative estimate of drug-likeness (QED) is 0.831. The van der Waals surface area contributed by atoms with Crippen molar-refractivity contribution in [3.8, 4) is 5.75 Å². The smallest absolute Gasteiger partial charge is 0.260 e. The van der Waals surface area contributed by atoms with Gasteiger partial charge in [-0.1, -0.05) is 11.6 Å². The van der Waals surface area contributed by atoms with Gasteiger partial charge in [-0.15, -0.1) is 0 Å². The fourth-order valence-electron chi connectivity index (χ4n) is 2.46. The third kappa shape index (κ3) is 4.64. The maximum absolute atomic E-state index is 12.2. The van der Waals surface area contributed by atoms with Crippen LogP contribution in [0.5, 0.6) is 5.75 Å². The van der Waals surface area contributed by atoms with Crippen molar-refractivity contribution in [2.24, 2.45) is 0 Å². The summed E-state index contributed by atoms with van der Waals surface area (Å²) in [6.07, 6.45) is 4.51. The third-order valence-corrected chi connectivity index (χ3v) is 3.95. The van der Waals surface area contributed by atoms with Gasteiger partial charge in [-0.05, 0) is 36.4 Å². The number of fused-ring (bicyclic) bond motifs is 1. The van der Waals surface area contributed by atoms with E-state index in [0.29, 0.717) is 36.2 Å². The molecular formula is C18H17ClN2O4. The van der Waals surface area contributed by atoms with Gasteiger partial charge in [0.05, 0.1) is 6.26 Å². The normalized spacial score (nSPS) is 14.1. The average Bonchev–Trinajstić information content (AvgIpc) is 3.06. The minimum atomic E-state index is -0.252. The molecule has 0 saturated heterocycles. The van der Waals surface area contributed by atoms with Crippen molar-refractivity contribution in [1.29, 1.82) is 0 Å². The Bertz CT molecular complexity index is 786. The Hall–Kier alpha value is -2.73. The highest BCUT2D eigenvalue weighted by atomic mass is 35.5. The maximum atomic E-state index is 12.2. The van der Waals surface area contributed by atoms with E-state index in [0.717, 1.165) is 5.56 Å². The first-order valence-electron chi connectivity index (χ1n) is 7.80. The van der Waals surface area contributed by atoms with Crippen molar-refractivity contribution in [1.82, 2.24) is 10.2 Å². The van der Waals surface area contributed by atoms with Gasteiger partial charge >= 0.3 is 0 Å². The zero-order valence-corrected chi connectivity index (χ0v) is 14.2. The highest BCUT2D eigenvalue weighted by Gasteiger charge is 2.21. The second-order valence-corrected chi connectivity index (χ2v) is 5.93. The third-order valence-electron chi connectivity index (χ3n) is 3.71. The SMILES string of the molecule is O=C(C=Cc1ccco1)NCCN1Cc2cc(Cl)ccc2OCC1=O. The van der Waals surface area contributed by atoms with Crippen LogP contribution in [0.3, 0.4) is 0 Å². The van der Waals surface area contributed by atoms with Crippen molar-refractivity contribution in [3.63, 3.8) is 0 Å². The first-order valence-corrected chi connectivity index (χ1v) is 8.18. The molecule has 0 spiro atoms. The van der Waals surface area contributed by atoms with Gasteiger partial charge in [0.15, 0.2) is 6.61 Å². The molecule has 130 valence electrons. The molecule has 1 aliphatic rings. The molecule has 3 rings (SSSR count). The molecular weight excluding hydrogens is 344 g/mol. The number of hydrogen-bond donors (Lipinski definition) is 1.